The molecule has 1 aromatic carbocycles. The number of fused-ring (bicyclic) bond motifs is 1. The number of anilines is 1. The van der Waals surface area contributed by atoms with E-state index < -0.39 is 0 Å². The van der Waals surface area contributed by atoms with Crippen LogP contribution in [0.3, 0.4) is 0 Å². The fourth-order valence-electron chi connectivity index (χ4n) is 1.83. The van der Waals surface area contributed by atoms with Gasteiger partial charge in [-0.15, -0.1) is 11.3 Å². The molecule has 108 valence electrons. The highest BCUT2D eigenvalue weighted by Gasteiger charge is 2.24. The van der Waals surface area contributed by atoms with E-state index in [1.54, 1.807) is 0 Å². The van der Waals surface area contributed by atoms with Gasteiger partial charge >= 0.3 is 0 Å². The molecule has 4 heteroatoms. The molecular formula is C16H22N2OS. The van der Waals surface area contributed by atoms with Gasteiger partial charge in [0.15, 0.2) is 0 Å². The summed E-state index contributed by atoms with van der Waals surface area (Å²) >= 11 is 1.45. The summed E-state index contributed by atoms with van der Waals surface area (Å²) in [6.45, 7) is 9.30. The second kappa shape index (κ2) is 5.44. The molecule has 0 spiro atoms. The normalized spacial score (nSPS) is 12.1. The van der Waals surface area contributed by atoms with Crippen LogP contribution in [0.15, 0.2) is 24.3 Å². The largest absolute Gasteiger partial charge is 0.397 e. The molecule has 0 saturated heterocycles. The van der Waals surface area contributed by atoms with Gasteiger partial charge in [-0.25, -0.2) is 0 Å². The first kappa shape index (κ1) is 14.9. The summed E-state index contributed by atoms with van der Waals surface area (Å²) in [6.07, 6.45) is 0. The summed E-state index contributed by atoms with van der Waals surface area (Å²) in [5, 5.41) is 3.98. The first-order chi connectivity index (χ1) is 9.33. The van der Waals surface area contributed by atoms with E-state index in [2.05, 4.69) is 33.0 Å². The van der Waals surface area contributed by atoms with Crippen molar-refractivity contribution in [1.82, 2.24) is 5.32 Å². The van der Waals surface area contributed by atoms with Gasteiger partial charge in [0, 0.05) is 16.6 Å². The highest BCUT2D eigenvalue weighted by molar-refractivity contribution is 7.21. The van der Waals surface area contributed by atoms with Crippen LogP contribution in [0.5, 0.6) is 0 Å². The second-order valence-electron chi connectivity index (χ2n) is 6.17. The van der Waals surface area contributed by atoms with Crippen LogP contribution in [0.25, 0.3) is 10.1 Å². The summed E-state index contributed by atoms with van der Waals surface area (Å²) in [4.78, 5) is 12.9. The quantitative estimate of drug-likeness (QED) is 0.897. The number of carbonyl (C=O) groups excluding carboxylic acids is 1. The van der Waals surface area contributed by atoms with Crippen molar-refractivity contribution in [2.24, 2.45) is 11.3 Å². The van der Waals surface area contributed by atoms with Crippen LogP contribution in [0.4, 0.5) is 5.69 Å². The van der Waals surface area contributed by atoms with Crippen molar-refractivity contribution in [1.29, 1.82) is 0 Å². The molecule has 3 nitrogen and oxygen atoms in total. The highest BCUT2D eigenvalue weighted by Crippen LogP contribution is 2.33. The van der Waals surface area contributed by atoms with Crippen LogP contribution in [-0.4, -0.2) is 12.5 Å². The Hall–Kier alpha value is -1.55. The minimum absolute atomic E-state index is 0.0705. The monoisotopic (exact) mass is 290 g/mol. The Morgan fingerprint density at radius 2 is 2.00 bits per heavy atom. The van der Waals surface area contributed by atoms with E-state index in [9.17, 15) is 4.79 Å². The highest BCUT2D eigenvalue weighted by atomic mass is 32.1. The van der Waals surface area contributed by atoms with Crippen LogP contribution in [-0.2, 0) is 0 Å². The van der Waals surface area contributed by atoms with E-state index in [0.29, 0.717) is 23.0 Å². The Morgan fingerprint density at radius 1 is 1.35 bits per heavy atom. The van der Waals surface area contributed by atoms with Crippen molar-refractivity contribution in [2.75, 3.05) is 12.3 Å². The van der Waals surface area contributed by atoms with E-state index in [1.807, 2.05) is 24.3 Å². The van der Waals surface area contributed by atoms with Crippen LogP contribution >= 0.6 is 11.3 Å². The summed E-state index contributed by atoms with van der Waals surface area (Å²) in [5.74, 6) is 0.431. The summed E-state index contributed by atoms with van der Waals surface area (Å²) in [5.41, 5.74) is 6.75. The third-order valence-corrected chi connectivity index (χ3v) is 5.29. The summed E-state index contributed by atoms with van der Waals surface area (Å²) in [7, 11) is 0. The minimum atomic E-state index is -0.0718. The summed E-state index contributed by atoms with van der Waals surface area (Å²) in [6, 6.07) is 7.85. The van der Waals surface area contributed by atoms with Gasteiger partial charge in [0.25, 0.3) is 5.91 Å². The predicted octanol–water partition coefficient (Wildman–Crippen LogP) is 3.90. The topological polar surface area (TPSA) is 55.1 Å². The molecule has 0 unspecified atom stereocenters. The van der Waals surface area contributed by atoms with Gasteiger partial charge in [-0.1, -0.05) is 45.9 Å². The van der Waals surface area contributed by atoms with E-state index in [1.165, 1.54) is 11.3 Å². The molecule has 0 bridgehead atoms. The van der Waals surface area contributed by atoms with Crippen molar-refractivity contribution < 1.29 is 4.79 Å². The van der Waals surface area contributed by atoms with Crippen LogP contribution in [0, 0.1) is 11.3 Å². The van der Waals surface area contributed by atoms with E-state index in [-0.39, 0.29) is 11.3 Å². The molecule has 1 aromatic heterocycles. The molecule has 2 aromatic rings. The summed E-state index contributed by atoms with van der Waals surface area (Å²) < 4.78 is 1.05. The Labute approximate surface area is 124 Å². The number of amides is 1. The SMILES string of the molecule is CC(C)C(C)(C)CNC(=O)c1sc2ccccc2c1N. The van der Waals surface area contributed by atoms with Crippen molar-refractivity contribution in [2.45, 2.75) is 27.7 Å². The number of carbonyl (C=O) groups is 1. The zero-order valence-electron chi connectivity index (χ0n) is 12.5. The zero-order chi connectivity index (χ0) is 14.9. The number of nitrogen functional groups attached to an aromatic ring is 1. The van der Waals surface area contributed by atoms with Gasteiger partial charge in [0.2, 0.25) is 0 Å². The van der Waals surface area contributed by atoms with Gasteiger partial charge < -0.3 is 11.1 Å². The van der Waals surface area contributed by atoms with Crippen molar-refractivity contribution in [3.8, 4) is 0 Å². The van der Waals surface area contributed by atoms with E-state index in [0.717, 1.165) is 10.1 Å². The van der Waals surface area contributed by atoms with Crippen molar-refractivity contribution in [3.05, 3.63) is 29.1 Å². The molecule has 0 fully saturated rings. The van der Waals surface area contributed by atoms with Gasteiger partial charge in [-0.3, -0.25) is 4.79 Å². The molecule has 0 aliphatic carbocycles. The minimum Gasteiger partial charge on any atom is -0.397 e. The van der Waals surface area contributed by atoms with Gasteiger partial charge in [-0.05, 0) is 17.4 Å². The second-order valence-corrected chi connectivity index (χ2v) is 7.22. The Bertz CT molecular complexity index is 628. The Kier molecular flexibility index (Phi) is 4.04. The maximum absolute atomic E-state index is 12.3. The third kappa shape index (κ3) is 2.80. The zero-order valence-corrected chi connectivity index (χ0v) is 13.3. The van der Waals surface area contributed by atoms with Gasteiger partial charge in [0.05, 0.1) is 5.69 Å². The van der Waals surface area contributed by atoms with Gasteiger partial charge in [0.1, 0.15) is 4.88 Å². The fraction of sp³-hybridized carbons (Fsp3) is 0.438. The number of benzene rings is 1. The van der Waals surface area contributed by atoms with E-state index >= 15 is 0 Å². The third-order valence-electron chi connectivity index (χ3n) is 4.11. The van der Waals surface area contributed by atoms with Crippen LogP contribution in [0.2, 0.25) is 0 Å². The molecule has 1 amide bonds. The van der Waals surface area contributed by atoms with E-state index in [4.69, 9.17) is 5.73 Å². The molecule has 20 heavy (non-hydrogen) atoms. The van der Waals surface area contributed by atoms with Crippen LogP contribution < -0.4 is 11.1 Å². The lowest BCUT2D eigenvalue weighted by Crippen LogP contribution is -2.36. The molecule has 0 aliphatic heterocycles. The van der Waals surface area contributed by atoms with Crippen molar-refractivity contribution in [3.63, 3.8) is 0 Å². The lowest BCUT2D eigenvalue weighted by atomic mass is 9.81. The maximum atomic E-state index is 12.3. The molecule has 2 rings (SSSR count). The number of nitrogens with one attached hydrogen (secondary N) is 1. The standard InChI is InChI=1S/C16H22N2OS/c1-10(2)16(3,4)9-18-15(19)14-13(17)11-7-5-6-8-12(11)20-14/h5-8,10H,9,17H2,1-4H3,(H,18,19). The lowest BCUT2D eigenvalue weighted by Gasteiger charge is -2.29. The maximum Gasteiger partial charge on any atom is 0.263 e. The van der Waals surface area contributed by atoms with Crippen molar-refractivity contribution >= 4 is 33.0 Å². The number of nitrogens with two attached hydrogens (primary N) is 1. The average Bonchev–Trinajstić information content (AvgIpc) is 2.74. The molecule has 0 atom stereocenters. The fourth-order valence-corrected chi connectivity index (χ4v) is 2.87. The number of hydrogen-bond donors (Lipinski definition) is 2. The first-order valence-corrected chi connectivity index (χ1v) is 7.70. The number of thiophene rings is 1. The molecule has 3 N–H and O–H groups in total. The average molecular weight is 290 g/mol. The molecule has 0 radical (unpaired) electrons. The smallest absolute Gasteiger partial charge is 0.263 e. The Balaban J connectivity index is 2.18. The first-order valence-electron chi connectivity index (χ1n) is 6.88. The lowest BCUT2D eigenvalue weighted by molar-refractivity contribution is 0.0930. The molecule has 0 saturated carbocycles. The van der Waals surface area contributed by atoms with Gasteiger partial charge in [-0.2, -0.15) is 0 Å². The molecule has 0 aliphatic rings. The molecular weight excluding hydrogens is 268 g/mol. The predicted molar refractivity (Wildman–Crippen MR) is 87.2 cm³/mol. The molecule has 1 heterocycles. The number of hydrogen-bond acceptors (Lipinski definition) is 3. The Morgan fingerprint density at radius 3 is 2.60 bits per heavy atom. The van der Waals surface area contributed by atoms with Crippen LogP contribution in [0.1, 0.15) is 37.4 Å². The number of rotatable bonds is 4.